The van der Waals surface area contributed by atoms with Crippen LogP contribution in [0.3, 0.4) is 0 Å². The van der Waals surface area contributed by atoms with E-state index < -0.39 is 11.4 Å². The number of methoxy groups -OCH3 is 1. The number of benzene rings is 3. The van der Waals surface area contributed by atoms with Gasteiger partial charge in [0, 0.05) is 43.9 Å². The van der Waals surface area contributed by atoms with E-state index in [1.54, 1.807) is 44.4 Å². The first-order valence-corrected chi connectivity index (χ1v) is 11.5. The number of rotatable bonds is 5. The first-order valence-electron chi connectivity index (χ1n) is 11.5. The molecule has 5 nitrogen and oxygen atoms in total. The van der Waals surface area contributed by atoms with E-state index >= 15 is 0 Å². The lowest BCUT2D eigenvalue weighted by molar-refractivity contribution is 0.0278. The highest BCUT2D eigenvalue weighted by Gasteiger charge is 2.58. The minimum absolute atomic E-state index is 0.262. The van der Waals surface area contributed by atoms with E-state index in [-0.39, 0.29) is 11.6 Å². The number of Topliss-reactive ketones (excluding diaryl/α,β-unsaturated/α-hetero) is 2. The molecule has 5 rings (SSSR count). The largest absolute Gasteiger partial charge is 0.497 e. The van der Waals surface area contributed by atoms with Gasteiger partial charge in [0.1, 0.15) is 11.6 Å². The molecule has 0 bridgehead atoms. The third kappa shape index (κ3) is 3.63. The van der Waals surface area contributed by atoms with E-state index in [0.717, 1.165) is 12.3 Å². The Bertz CT molecular complexity index is 1190. The minimum Gasteiger partial charge on any atom is -0.497 e. The number of ketones is 2. The number of fused-ring (bicyclic) bond motifs is 1. The first-order chi connectivity index (χ1) is 16.4. The van der Waals surface area contributed by atoms with E-state index in [1.807, 2.05) is 29.2 Å². The van der Waals surface area contributed by atoms with Crippen molar-refractivity contribution in [2.75, 3.05) is 33.3 Å². The Kier molecular flexibility index (Phi) is 5.80. The second kappa shape index (κ2) is 8.78. The van der Waals surface area contributed by atoms with Gasteiger partial charge in [0.15, 0.2) is 17.1 Å². The van der Waals surface area contributed by atoms with Crippen molar-refractivity contribution in [2.45, 2.75) is 19.0 Å². The molecule has 1 aliphatic carbocycles. The summed E-state index contributed by atoms with van der Waals surface area (Å²) in [6.07, 6.45) is 0. The van der Waals surface area contributed by atoms with Crippen LogP contribution in [0, 0.1) is 12.7 Å². The molecule has 0 radical (unpaired) electrons. The van der Waals surface area contributed by atoms with Crippen LogP contribution < -0.4 is 4.74 Å². The first kappa shape index (κ1) is 22.4. The number of hydrogen-bond acceptors (Lipinski definition) is 5. The molecule has 0 atom stereocenters. The van der Waals surface area contributed by atoms with Crippen molar-refractivity contribution in [1.82, 2.24) is 9.80 Å². The molecule has 0 saturated carbocycles. The molecule has 0 N–H and O–H groups in total. The van der Waals surface area contributed by atoms with Gasteiger partial charge in [-0.25, -0.2) is 4.39 Å². The van der Waals surface area contributed by atoms with Crippen molar-refractivity contribution in [3.8, 4) is 5.75 Å². The maximum absolute atomic E-state index is 14.5. The summed E-state index contributed by atoms with van der Waals surface area (Å²) in [6, 6.07) is 19.4. The average molecular weight is 459 g/mol. The Labute approximate surface area is 198 Å². The zero-order chi connectivity index (χ0) is 23.9. The van der Waals surface area contributed by atoms with E-state index in [0.29, 0.717) is 48.4 Å². The van der Waals surface area contributed by atoms with Gasteiger partial charge in [0.25, 0.3) is 0 Å². The molecular weight excluding hydrogens is 431 g/mol. The summed E-state index contributed by atoms with van der Waals surface area (Å²) < 4.78 is 19.7. The number of nitrogens with zero attached hydrogens (tertiary/aromatic N) is 2. The van der Waals surface area contributed by atoms with Gasteiger partial charge < -0.3 is 4.74 Å². The van der Waals surface area contributed by atoms with Crippen molar-refractivity contribution >= 4 is 11.6 Å². The topological polar surface area (TPSA) is 49.9 Å². The van der Waals surface area contributed by atoms with E-state index in [2.05, 4.69) is 4.90 Å². The second-order valence-corrected chi connectivity index (χ2v) is 9.04. The number of aryl methyl sites for hydroxylation is 1. The highest BCUT2D eigenvalue weighted by Crippen LogP contribution is 2.43. The third-order valence-electron chi connectivity index (χ3n) is 6.95. The SMILES string of the molecule is COc1ccc(CN2CCN(C3(c4cc(C)cc(F)c4)C(=O)c4ccccc4C3=O)CC2)cc1. The van der Waals surface area contributed by atoms with Crippen LogP contribution in [-0.2, 0) is 12.1 Å². The molecule has 1 fully saturated rings. The van der Waals surface area contributed by atoms with Crippen LogP contribution in [0.4, 0.5) is 4.39 Å². The van der Waals surface area contributed by atoms with Crippen LogP contribution in [0.25, 0.3) is 0 Å². The molecule has 0 unspecified atom stereocenters. The maximum Gasteiger partial charge on any atom is 0.196 e. The van der Waals surface area contributed by atoms with E-state index in [9.17, 15) is 14.0 Å². The van der Waals surface area contributed by atoms with Gasteiger partial charge in [-0.15, -0.1) is 0 Å². The van der Waals surface area contributed by atoms with E-state index in [4.69, 9.17) is 4.74 Å². The predicted octanol–water partition coefficient (Wildman–Crippen LogP) is 4.24. The summed E-state index contributed by atoms with van der Waals surface area (Å²) >= 11 is 0. The molecule has 0 amide bonds. The molecule has 34 heavy (non-hydrogen) atoms. The van der Waals surface area contributed by atoms with Gasteiger partial charge in [-0.3, -0.25) is 19.4 Å². The molecule has 6 heteroatoms. The summed E-state index contributed by atoms with van der Waals surface area (Å²) in [4.78, 5) is 32.0. The standard InChI is InChI=1S/C28H27FN2O3/c1-19-15-21(17-22(29)16-19)28(26(32)24-5-3-4-6-25(24)27(28)33)31-13-11-30(12-14-31)18-20-7-9-23(34-2)10-8-20/h3-10,15-17H,11-14,18H2,1-2H3. The van der Waals surface area contributed by atoms with Crippen molar-refractivity contribution in [3.05, 3.63) is 100 Å². The van der Waals surface area contributed by atoms with Gasteiger partial charge >= 0.3 is 0 Å². The fraction of sp³-hybridized carbons (Fsp3) is 0.286. The zero-order valence-corrected chi connectivity index (χ0v) is 19.4. The van der Waals surface area contributed by atoms with Crippen LogP contribution in [0.2, 0.25) is 0 Å². The Morgan fingerprint density at radius 3 is 2.06 bits per heavy atom. The fourth-order valence-electron chi connectivity index (χ4n) is 5.28. The Morgan fingerprint density at radius 2 is 1.50 bits per heavy atom. The lowest BCUT2D eigenvalue weighted by Crippen LogP contribution is -2.60. The van der Waals surface area contributed by atoms with Gasteiger partial charge in [0.2, 0.25) is 0 Å². The highest BCUT2D eigenvalue weighted by atomic mass is 19.1. The third-order valence-corrected chi connectivity index (χ3v) is 6.95. The van der Waals surface area contributed by atoms with Crippen LogP contribution in [0.15, 0.2) is 66.7 Å². The molecule has 3 aromatic rings. The van der Waals surface area contributed by atoms with Gasteiger partial charge in [-0.05, 0) is 47.9 Å². The molecule has 1 aliphatic heterocycles. The molecule has 2 aliphatic rings. The molecule has 0 aromatic heterocycles. The van der Waals surface area contributed by atoms with Crippen molar-refractivity contribution < 1.29 is 18.7 Å². The maximum atomic E-state index is 14.5. The minimum atomic E-state index is -1.53. The zero-order valence-electron chi connectivity index (χ0n) is 19.4. The van der Waals surface area contributed by atoms with Crippen LogP contribution in [0.1, 0.15) is 37.4 Å². The number of ether oxygens (including phenoxy) is 1. The van der Waals surface area contributed by atoms with Crippen molar-refractivity contribution in [3.63, 3.8) is 0 Å². The predicted molar refractivity (Wildman–Crippen MR) is 128 cm³/mol. The molecule has 1 saturated heterocycles. The summed E-state index contributed by atoms with van der Waals surface area (Å²) in [5.74, 6) is -0.147. The Morgan fingerprint density at radius 1 is 0.882 bits per heavy atom. The number of carbonyl (C=O) groups is 2. The van der Waals surface area contributed by atoms with Crippen LogP contribution >= 0.6 is 0 Å². The number of carbonyl (C=O) groups excluding carboxylic acids is 2. The number of halogens is 1. The summed E-state index contributed by atoms with van der Waals surface area (Å²) in [6.45, 7) is 4.99. The summed E-state index contributed by atoms with van der Waals surface area (Å²) in [7, 11) is 1.65. The fourth-order valence-corrected chi connectivity index (χ4v) is 5.28. The van der Waals surface area contributed by atoms with Crippen LogP contribution in [-0.4, -0.2) is 54.7 Å². The quantitative estimate of drug-likeness (QED) is 0.536. The van der Waals surface area contributed by atoms with Gasteiger partial charge in [-0.2, -0.15) is 0 Å². The normalized spacial score (nSPS) is 18.2. The summed E-state index contributed by atoms with van der Waals surface area (Å²) in [5, 5.41) is 0. The van der Waals surface area contributed by atoms with Crippen LogP contribution in [0.5, 0.6) is 5.75 Å². The summed E-state index contributed by atoms with van der Waals surface area (Å²) in [5.41, 5.74) is 1.57. The van der Waals surface area contributed by atoms with Gasteiger partial charge in [0.05, 0.1) is 7.11 Å². The van der Waals surface area contributed by atoms with Gasteiger partial charge in [-0.1, -0.05) is 42.5 Å². The van der Waals surface area contributed by atoms with Crippen molar-refractivity contribution in [2.24, 2.45) is 0 Å². The smallest absolute Gasteiger partial charge is 0.196 e. The molecule has 0 spiro atoms. The molecule has 1 heterocycles. The highest BCUT2D eigenvalue weighted by molar-refractivity contribution is 6.32. The monoisotopic (exact) mass is 458 g/mol. The van der Waals surface area contributed by atoms with E-state index in [1.165, 1.54) is 17.7 Å². The molecular formula is C28H27FN2O3. The lowest BCUT2D eigenvalue weighted by atomic mass is 9.81. The average Bonchev–Trinajstić information content (AvgIpc) is 3.07. The Hall–Kier alpha value is -3.35. The number of piperazine rings is 1. The second-order valence-electron chi connectivity index (χ2n) is 9.04. The Balaban J connectivity index is 1.46. The number of hydrogen-bond donors (Lipinski definition) is 0. The lowest BCUT2D eigenvalue weighted by Gasteiger charge is -2.44. The molecule has 174 valence electrons. The molecule has 3 aromatic carbocycles. The van der Waals surface area contributed by atoms with Crippen molar-refractivity contribution in [1.29, 1.82) is 0 Å².